The molecule has 2 aromatic rings. The lowest BCUT2D eigenvalue weighted by Gasteiger charge is -2.13. The average Bonchev–Trinajstić information content (AvgIpc) is 2.47. The first kappa shape index (κ1) is 14.6. The lowest BCUT2D eigenvalue weighted by Crippen LogP contribution is -2.16. The van der Waals surface area contributed by atoms with Gasteiger partial charge in [-0.3, -0.25) is 9.71 Å². The van der Waals surface area contributed by atoms with Gasteiger partial charge in [0.1, 0.15) is 22.4 Å². The summed E-state index contributed by atoms with van der Waals surface area (Å²) in [5.41, 5.74) is 5.91. The van der Waals surface area contributed by atoms with Gasteiger partial charge in [0.2, 0.25) is 0 Å². The minimum absolute atomic E-state index is 0.0609. The summed E-state index contributed by atoms with van der Waals surface area (Å²) in [7, 11) is -2.60. The standard InChI is InChI=1S/C13H12N4O3S/c1-20-11-4-2-3-9(7-14)13(11)17-21(18,19)12-8-16-6-5-10(12)15/h2-6,8,17H,1H3,(H2,15,16). The van der Waals surface area contributed by atoms with Crippen molar-refractivity contribution < 1.29 is 13.2 Å². The summed E-state index contributed by atoms with van der Waals surface area (Å²) in [6.07, 6.45) is 2.53. The first-order chi connectivity index (χ1) is 9.99. The molecule has 3 N–H and O–H groups in total. The number of anilines is 2. The number of hydrogen-bond donors (Lipinski definition) is 2. The average molecular weight is 304 g/mol. The van der Waals surface area contributed by atoms with Crippen LogP contribution in [0.1, 0.15) is 5.56 Å². The van der Waals surface area contributed by atoms with E-state index < -0.39 is 10.0 Å². The molecule has 108 valence electrons. The van der Waals surface area contributed by atoms with Crippen LogP contribution in [0.4, 0.5) is 11.4 Å². The molecule has 0 unspecified atom stereocenters. The molecule has 0 saturated carbocycles. The van der Waals surface area contributed by atoms with Gasteiger partial charge in [-0.2, -0.15) is 5.26 Å². The van der Waals surface area contributed by atoms with Crippen LogP contribution in [0.15, 0.2) is 41.6 Å². The maximum atomic E-state index is 12.4. The first-order valence-corrected chi connectivity index (χ1v) is 7.27. The number of nitriles is 1. The van der Waals surface area contributed by atoms with E-state index in [0.717, 1.165) is 6.20 Å². The molecule has 1 aromatic heterocycles. The Balaban J connectivity index is 2.52. The number of aromatic nitrogens is 1. The summed E-state index contributed by atoms with van der Waals surface area (Å²) < 4.78 is 32.1. The molecule has 2 rings (SSSR count). The van der Waals surface area contributed by atoms with Crippen molar-refractivity contribution in [3.63, 3.8) is 0 Å². The van der Waals surface area contributed by atoms with Crippen molar-refractivity contribution in [3.05, 3.63) is 42.2 Å². The molecule has 0 fully saturated rings. The molecular weight excluding hydrogens is 292 g/mol. The van der Waals surface area contributed by atoms with Crippen LogP contribution < -0.4 is 15.2 Å². The van der Waals surface area contributed by atoms with Gasteiger partial charge in [0.25, 0.3) is 10.0 Å². The third-order valence-electron chi connectivity index (χ3n) is 2.71. The maximum absolute atomic E-state index is 12.4. The van der Waals surface area contributed by atoms with Crippen molar-refractivity contribution in [1.82, 2.24) is 4.98 Å². The smallest absolute Gasteiger partial charge is 0.265 e. The second-order valence-electron chi connectivity index (χ2n) is 4.01. The summed E-state index contributed by atoms with van der Waals surface area (Å²) in [6.45, 7) is 0. The van der Waals surface area contributed by atoms with E-state index in [4.69, 9.17) is 15.7 Å². The van der Waals surface area contributed by atoms with E-state index in [0.29, 0.717) is 0 Å². The number of pyridine rings is 1. The Morgan fingerprint density at radius 3 is 2.76 bits per heavy atom. The normalized spacial score (nSPS) is 10.7. The molecule has 0 amide bonds. The first-order valence-electron chi connectivity index (χ1n) is 5.79. The van der Waals surface area contributed by atoms with Crippen molar-refractivity contribution in [2.45, 2.75) is 4.90 Å². The van der Waals surface area contributed by atoms with E-state index in [9.17, 15) is 8.42 Å². The van der Waals surface area contributed by atoms with Crippen molar-refractivity contribution in [2.24, 2.45) is 0 Å². The highest BCUT2D eigenvalue weighted by Crippen LogP contribution is 2.30. The highest BCUT2D eigenvalue weighted by atomic mass is 32.2. The van der Waals surface area contributed by atoms with Crippen LogP contribution in [-0.2, 0) is 10.0 Å². The molecule has 1 aromatic carbocycles. The van der Waals surface area contributed by atoms with E-state index in [1.54, 1.807) is 12.1 Å². The number of nitrogens with two attached hydrogens (primary N) is 1. The summed E-state index contributed by atoms with van der Waals surface area (Å²) in [6, 6.07) is 7.90. The fourth-order valence-corrected chi connectivity index (χ4v) is 2.87. The molecule has 0 radical (unpaired) electrons. The van der Waals surface area contributed by atoms with Crippen LogP contribution >= 0.6 is 0 Å². The van der Waals surface area contributed by atoms with Gasteiger partial charge in [0.05, 0.1) is 18.4 Å². The van der Waals surface area contributed by atoms with Crippen molar-refractivity contribution in [3.8, 4) is 11.8 Å². The van der Waals surface area contributed by atoms with Gasteiger partial charge in [-0.15, -0.1) is 0 Å². The Labute approximate surface area is 122 Å². The summed E-state index contributed by atoms with van der Waals surface area (Å²) in [5.74, 6) is 0.236. The van der Waals surface area contributed by atoms with E-state index in [2.05, 4.69) is 9.71 Å². The number of rotatable bonds is 4. The second-order valence-corrected chi connectivity index (χ2v) is 5.66. The highest BCUT2D eigenvalue weighted by Gasteiger charge is 2.21. The Hall–Kier alpha value is -2.79. The fourth-order valence-electron chi connectivity index (χ4n) is 1.70. The predicted octanol–water partition coefficient (Wildman–Crippen LogP) is 1.34. The Morgan fingerprint density at radius 1 is 1.38 bits per heavy atom. The molecule has 0 aliphatic heterocycles. The minimum Gasteiger partial charge on any atom is -0.495 e. The number of benzene rings is 1. The van der Waals surface area contributed by atoms with E-state index in [-0.39, 0.29) is 27.6 Å². The molecule has 0 aliphatic rings. The van der Waals surface area contributed by atoms with Crippen LogP contribution in [-0.4, -0.2) is 20.5 Å². The van der Waals surface area contributed by atoms with E-state index in [1.807, 2.05) is 6.07 Å². The third kappa shape index (κ3) is 2.88. The number of hydrogen-bond acceptors (Lipinski definition) is 6. The number of para-hydroxylation sites is 1. The quantitative estimate of drug-likeness (QED) is 0.880. The predicted molar refractivity (Wildman–Crippen MR) is 77.2 cm³/mol. The van der Waals surface area contributed by atoms with E-state index in [1.165, 1.54) is 25.4 Å². The summed E-state index contributed by atoms with van der Waals surface area (Å²) >= 11 is 0. The number of nitrogens with zero attached hydrogens (tertiary/aromatic N) is 2. The van der Waals surface area contributed by atoms with Crippen molar-refractivity contribution in [1.29, 1.82) is 5.26 Å². The fraction of sp³-hybridized carbons (Fsp3) is 0.0769. The SMILES string of the molecule is COc1cccc(C#N)c1NS(=O)(=O)c1cnccc1N. The second kappa shape index (κ2) is 5.68. The third-order valence-corrected chi connectivity index (χ3v) is 4.10. The monoisotopic (exact) mass is 304 g/mol. The zero-order chi connectivity index (χ0) is 15.5. The minimum atomic E-state index is -3.98. The van der Waals surface area contributed by atoms with Crippen molar-refractivity contribution in [2.75, 3.05) is 17.6 Å². The molecule has 21 heavy (non-hydrogen) atoms. The molecule has 0 spiro atoms. The highest BCUT2D eigenvalue weighted by molar-refractivity contribution is 7.92. The van der Waals surface area contributed by atoms with E-state index >= 15 is 0 Å². The van der Waals surface area contributed by atoms with Gasteiger partial charge in [0.15, 0.2) is 0 Å². The van der Waals surface area contributed by atoms with Gasteiger partial charge < -0.3 is 10.5 Å². The van der Waals surface area contributed by atoms with Crippen LogP contribution in [0.3, 0.4) is 0 Å². The summed E-state index contributed by atoms with van der Waals surface area (Å²) in [4.78, 5) is 3.58. The van der Waals surface area contributed by atoms with Gasteiger partial charge in [-0.05, 0) is 18.2 Å². The van der Waals surface area contributed by atoms with Crippen LogP contribution in [0, 0.1) is 11.3 Å². The molecular formula is C13H12N4O3S. The Morgan fingerprint density at radius 2 is 2.14 bits per heavy atom. The zero-order valence-corrected chi connectivity index (χ0v) is 11.9. The molecule has 7 nitrogen and oxygen atoms in total. The molecule has 8 heteroatoms. The maximum Gasteiger partial charge on any atom is 0.265 e. The van der Waals surface area contributed by atoms with Gasteiger partial charge in [0, 0.05) is 12.4 Å². The van der Waals surface area contributed by atoms with Gasteiger partial charge >= 0.3 is 0 Å². The zero-order valence-electron chi connectivity index (χ0n) is 11.1. The number of nitrogens with one attached hydrogen (secondary N) is 1. The summed E-state index contributed by atoms with van der Waals surface area (Å²) in [5, 5.41) is 9.08. The number of ether oxygens (including phenoxy) is 1. The molecule has 0 atom stereocenters. The van der Waals surface area contributed by atoms with Gasteiger partial charge in [-0.1, -0.05) is 6.07 Å². The lowest BCUT2D eigenvalue weighted by molar-refractivity contribution is 0.416. The number of sulfonamides is 1. The Kier molecular flexibility index (Phi) is 3.95. The van der Waals surface area contributed by atoms with Crippen molar-refractivity contribution >= 4 is 21.4 Å². The van der Waals surface area contributed by atoms with Crippen LogP contribution in [0.2, 0.25) is 0 Å². The molecule has 0 bridgehead atoms. The topological polar surface area (TPSA) is 118 Å². The largest absolute Gasteiger partial charge is 0.495 e. The van der Waals surface area contributed by atoms with Crippen LogP contribution in [0.25, 0.3) is 0 Å². The number of methoxy groups -OCH3 is 1. The molecule has 0 aliphatic carbocycles. The molecule has 0 saturated heterocycles. The van der Waals surface area contributed by atoms with Gasteiger partial charge in [-0.25, -0.2) is 8.42 Å². The number of nitrogen functional groups attached to an aromatic ring is 1. The van der Waals surface area contributed by atoms with Crippen LogP contribution in [0.5, 0.6) is 5.75 Å². The Bertz CT molecular complexity index is 812. The molecule has 1 heterocycles. The lowest BCUT2D eigenvalue weighted by atomic mass is 10.2.